The molecule has 8 aromatic rings. The molecule has 212 valence electrons. The molecule has 1 aliphatic heterocycles. The number of nitrogens with zero attached hydrogens (tertiary/aromatic N) is 2. The van der Waals surface area contributed by atoms with Crippen molar-refractivity contribution in [1.82, 2.24) is 4.57 Å². The van der Waals surface area contributed by atoms with E-state index >= 15 is 0 Å². The van der Waals surface area contributed by atoms with Gasteiger partial charge in [0.15, 0.2) is 0 Å². The van der Waals surface area contributed by atoms with Crippen molar-refractivity contribution in [2.24, 2.45) is 0 Å². The lowest BCUT2D eigenvalue weighted by Gasteiger charge is -2.29. The number of para-hydroxylation sites is 3. The maximum absolute atomic E-state index is 6.12. The van der Waals surface area contributed by atoms with Crippen molar-refractivity contribution in [3.8, 4) is 16.8 Å². The van der Waals surface area contributed by atoms with Crippen LogP contribution in [0.5, 0.6) is 0 Å². The minimum atomic E-state index is 0.190. The molecule has 0 saturated carbocycles. The number of hydrogen-bond acceptors (Lipinski definition) is 2. The lowest BCUT2D eigenvalue weighted by molar-refractivity contribution is 0.669. The van der Waals surface area contributed by atoms with E-state index in [-0.39, 0.29) is 12.0 Å². The summed E-state index contributed by atoms with van der Waals surface area (Å²) in [4.78, 5) is 2.53. The van der Waals surface area contributed by atoms with Crippen LogP contribution in [0.15, 0.2) is 162 Å². The van der Waals surface area contributed by atoms with Gasteiger partial charge in [-0.1, -0.05) is 103 Å². The van der Waals surface area contributed by atoms with E-state index in [2.05, 4.69) is 155 Å². The largest absolute Gasteiger partial charge is 0.456 e. The van der Waals surface area contributed by atoms with E-state index in [9.17, 15) is 0 Å². The summed E-state index contributed by atoms with van der Waals surface area (Å²) in [5.74, 6) is 0.235. The predicted octanol–water partition coefficient (Wildman–Crippen LogP) is 11.1. The number of benzene rings is 6. The normalized spacial score (nSPS) is 17.1. The Bertz CT molecular complexity index is 2470. The molecule has 1 aliphatic carbocycles. The molecule has 3 heteroatoms. The summed E-state index contributed by atoms with van der Waals surface area (Å²) in [5, 5.41) is 4.87. The maximum atomic E-state index is 6.12. The average Bonchev–Trinajstić information content (AvgIpc) is 3.76. The smallest absolute Gasteiger partial charge is 0.135 e. The summed E-state index contributed by atoms with van der Waals surface area (Å²) < 4.78 is 8.59. The molecule has 10 rings (SSSR count). The third kappa shape index (κ3) is 3.52. The van der Waals surface area contributed by atoms with Crippen LogP contribution in [-0.4, -0.2) is 10.6 Å². The van der Waals surface area contributed by atoms with Crippen LogP contribution >= 0.6 is 0 Å². The highest BCUT2D eigenvalue weighted by Crippen LogP contribution is 2.51. The number of anilines is 2. The Kier molecular flexibility index (Phi) is 5.11. The Balaban J connectivity index is 1.16. The van der Waals surface area contributed by atoms with Gasteiger partial charge in [0.05, 0.1) is 22.8 Å². The second kappa shape index (κ2) is 9.35. The quantitative estimate of drug-likeness (QED) is 0.209. The molecule has 3 nitrogen and oxygen atoms in total. The van der Waals surface area contributed by atoms with Gasteiger partial charge in [0.2, 0.25) is 0 Å². The standard InChI is InChI=1S/C42H28N2O/c1-5-17-35-30(13-1)31-14-2-6-18-36(31)44(35)39-21-10-20-38-42(39)33-16-3-7-19-37(33)43(38)29-12-9-11-27(25-29)28-23-24-41-34(26-28)32-15-4-8-22-40(32)45-41/h1-26,33,37H. The van der Waals surface area contributed by atoms with Gasteiger partial charge < -0.3 is 13.9 Å². The molecule has 45 heavy (non-hydrogen) atoms. The van der Waals surface area contributed by atoms with Crippen molar-refractivity contribution < 1.29 is 4.42 Å². The first-order valence-corrected chi connectivity index (χ1v) is 15.6. The summed E-state index contributed by atoms with van der Waals surface area (Å²) >= 11 is 0. The van der Waals surface area contributed by atoms with E-state index in [1.165, 1.54) is 55.6 Å². The fourth-order valence-corrected chi connectivity index (χ4v) is 7.79. The van der Waals surface area contributed by atoms with E-state index in [0.717, 1.165) is 21.9 Å². The second-order valence-corrected chi connectivity index (χ2v) is 12.1. The Labute approximate surface area is 260 Å². The molecule has 0 radical (unpaired) electrons. The van der Waals surface area contributed by atoms with Crippen molar-refractivity contribution in [3.63, 3.8) is 0 Å². The molecule has 0 amide bonds. The maximum Gasteiger partial charge on any atom is 0.135 e. The Morgan fingerprint density at radius 3 is 2.00 bits per heavy atom. The van der Waals surface area contributed by atoms with Gasteiger partial charge in [0.25, 0.3) is 0 Å². The summed E-state index contributed by atoms with van der Waals surface area (Å²) in [6, 6.07) is 48.4. The zero-order chi connectivity index (χ0) is 29.5. The van der Waals surface area contributed by atoms with Crippen molar-refractivity contribution in [2.75, 3.05) is 4.90 Å². The highest BCUT2D eigenvalue weighted by atomic mass is 16.3. The summed E-state index contributed by atoms with van der Waals surface area (Å²) in [5.41, 5.74) is 11.8. The van der Waals surface area contributed by atoms with Crippen LogP contribution in [0.1, 0.15) is 11.5 Å². The lowest BCUT2D eigenvalue weighted by Crippen LogP contribution is -2.28. The number of aromatic nitrogens is 1. The van der Waals surface area contributed by atoms with Gasteiger partial charge in [0.1, 0.15) is 11.2 Å². The summed E-state index contributed by atoms with van der Waals surface area (Å²) in [7, 11) is 0. The van der Waals surface area contributed by atoms with E-state index in [1.807, 2.05) is 12.1 Å². The van der Waals surface area contributed by atoms with Crippen molar-refractivity contribution in [2.45, 2.75) is 12.0 Å². The van der Waals surface area contributed by atoms with Crippen molar-refractivity contribution in [3.05, 3.63) is 163 Å². The molecule has 0 bridgehead atoms. The van der Waals surface area contributed by atoms with E-state index in [1.54, 1.807) is 0 Å². The van der Waals surface area contributed by atoms with Gasteiger partial charge >= 0.3 is 0 Å². The molecule has 2 aromatic heterocycles. The van der Waals surface area contributed by atoms with Gasteiger partial charge in [-0.3, -0.25) is 0 Å². The van der Waals surface area contributed by atoms with Crippen LogP contribution in [0.3, 0.4) is 0 Å². The van der Waals surface area contributed by atoms with Gasteiger partial charge in [-0.05, 0) is 65.7 Å². The van der Waals surface area contributed by atoms with E-state index < -0.39 is 0 Å². The highest BCUT2D eigenvalue weighted by Gasteiger charge is 2.39. The molecular weight excluding hydrogens is 548 g/mol. The predicted molar refractivity (Wildman–Crippen MR) is 187 cm³/mol. The fourth-order valence-electron chi connectivity index (χ4n) is 7.79. The number of hydrogen-bond donors (Lipinski definition) is 0. The molecule has 2 aliphatic rings. The first kappa shape index (κ1) is 24.6. The fraction of sp³-hybridized carbons (Fsp3) is 0.0476. The highest BCUT2D eigenvalue weighted by molar-refractivity contribution is 6.09. The van der Waals surface area contributed by atoms with Crippen molar-refractivity contribution in [1.29, 1.82) is 0 Å². The Hall–Kier alpha value is -5.80. The van der Waals surface area contributed by atoms with Crippen LogP contribution in [0.4, 0.5) is 11.4 Å². The first-order valence-electron chi connectivity index (χ1n) is 15.6. The number of fused-ring (bicyclic) bond motifs is 9. The monoisotopic (exact) mass is 576 g/mol. The third-order valence-electron chi connectivity index (χ3n) is 9.71. The zero-order valence-corrected chi connectivity index (χ0v) is 24.5. The third-order valence-corrected chi connectivity index (χ3v) is 9.71. The van der Waals surface area contributed by atoms with E-state index in [0.29, 0.717) is 0 Å². The van der Waals surface area contributed by atoms with Crippen molar-refractivity contribution >= 4 is 55.1 Å². The molecular formula is C42H28N2O. The molecule has 0 fully saturated rings. The molecule has 2 atom stereocenters. The van der Waals surface area contributed by atoms with Crippen LogP contribution in [-0.2, 0) is 0 Å². The average molecular weight is 577 g/mol. The summed E-state index contributed by atoms with van der Waals surface area (Å²) in [6.45, 7) is 0. The molecule has 0 N–H and O–H groups in total. The molecule has 0 spiro atoms. The minimum absolute atomic E-state index is 0.190. The van der Waals surface area contributed by atoms with Gasteiger partial charge in [-0.2, -0.15) is 0 Å². The van der Waals surface area contributed by atoms with Crippen LogP contribution in [0.2, 0.25) is 0 Å². The van der Waals surface area contributed by atoms with E-state index in [4.69, 9.17) is 4.42 Å². The second-order valence-electron chi connectivity index (χ2n) is 12.1. The van der Waals surface area contributed by atoms with Crippen LogP contribution in [0.25, 0.3) is 60.6 Å². The number of rotatable bonds is 3. The molecule has 0 saturated heterocycles. The van der Waals surface area contributed by atoms with Gasteiger partial charge in [-0.25, -0.2) is 0 Å². The van der Waals surface area contributed by atoms with Crippen LogP contribution < -0.4 is 4.90 Å². The van der Waals surface area contributed by atoms with Gasteiger partial charge in [-0.15, -0.1) is 0 Å². The molecule has 6 aromatic carbocycles. The molecule has 2 unspecified atom stereocenters. The minimum Gasteiger partial charge on any atom is -0.456 e. The first-order chi connectivity index (χ1) is 22.3. The Morgan fingerprint density at radius 1 is 0.489 bits per heavy atom. The summed E-state index contributed by atoms with van der Waals surface area (Å²) in [6.07, 6.45) is 9.14. The Morgan fingerprint density at radius 2 is 1.16 bits per heavy atom. The lowest BCUT2D eigenvalue weighted by atomic mass is 9.90. The number of allylic oxidation sites excluding steroid dienone is 2. The SMILES string of the molecule is C1=CC2c3c(cccc3-n3c4ccccc4c4ccccc43)N(c3cccc(-c4ccc5oc6ccccc6c5c4)c3)C2C=C1. The number of furan rings is 1. The zero-order valence-electron chi connectivity index (χ0n) is 24.5. The van der Waals surface area contributed by atoms with Gasteiger partial charge in [0, 0.05) is 44.4 Å². The topological polar surface area (TPSA) is 21.3 Å². The molecule has 3 heterocycles. The van der Waals surface area contributed by atoms with Crippen LogP contribution in [0, 0.1) is 0 Å².